The van der Waals surface area contributed by atoms with Crippen molar-refractivity contribution in [1.82, 2.24) is 9.55 Å². The van der Waals surface area contributed by atoms with Crippen LogP contribution in [0.4, 0.5) is 0 Å². The normalized spacial score (nSPS) is 14.1. The lowest BCUT2D eigenvalue weighted by Gasteiger charge is -2.49. The summed E-state index contributed by atoms with van der Waals surface area (Å²) in [5, 5.41) is 4.82. The lowest BCUT2D eigenvalue weighted by Crippen LogP contribution is -2.43. The summed E-state index contributed by atoms with van der Waals surface area (Å²) in [7, 11) is 0. The van der Waals surface area contributed by atoms with Crippen molar-refractivity contribution in [1.29, 1.82) is 0 Å². The van der Waals surface area contributed by atoms with Crippen LogP contribution in [0.2, 0.25) is 0 Å². The standard InChI is InChI=1S/C78H52N2/c1-3-51(42-41-50(2)76-79-72-39-21-22-40-73(72)80(76)55-23-5-4-6-24-55)74-60-29-7-9-31-62(60)75(63-32-10-8-30-61(63)74)53-45-43-52(44-46-53)54-47-48-70-71(49-54)78(66-35-17-13-27-58(66)59-28-14-18-36-67(59)78)69-38-20-19-37-68(69)77(70)64-33-15-11-25-56(64)57-26-12-16-34-65(57)77/h3-49H,2H2,1H3/b42-41-,51-3+. The molecule has 0 saturated heterocycles. The summed E-state index contributed by atoms with van der Waals surface area (Å²) in [4.78, 5) is 5.12. The molecule has 0 aliphatic heterocycles. The minimum absolute atomic E-state index is 0.523. The summed E-state index contributed by atoms with van der Waals surface area (Å²) in [5.74, 6) is 0.821. The predicted octanol–water partition coefficient (Wildman–Crippen LogP) is 19.4. The van der Waals surface area contributed by atoms with E-state index in [2.05, 4.69) is 291 Å². The van der Waals surface area contributed by atoms with Crippen LogP contribution in [-0.4, -0.2) is 9.55 Å². The van der Waals surface area contributed by atoms with Gasteiger partial charge in [-0.25, -0.2) is 4.98 Å². The van der Waals surface area contributed by atoms with E-state index >= 15 is 0 Å². The fraction of sp³-hybridized carbons (Fsp3) is 0.0385. The number of rotatable bonds is 7. The Morgan fingerprint density at radius 2 is 0.812 bits per heavy atom. The van der Waals surface area contributed by atoms with E-state index in [1.165, 1.54) is 116 Å². The van der Waals surface area contributed by atoms with E-state index in [1.54, 1.807) is 0 Å². The minimum atomic E-state index is -0.556. The van der Waals surface area contributed by atoms with Gasteiger partial charge in [-0.2, -0.15) is 0 Å². The van der Waals surface area contributed by atoms with Crippen LogP contribution >= 0.6 is 0 Å². The van der Waals surface area contributed by atoms with E-state index in [9.17, 15) is 0 Å². The molecule has 3 aliphatic carbocycles. The molecule has 2 spiro atoms. The smallest absolute Gasteiger partial charge is 0.145 e. The molecule has 80 heavy (non-hydrogen) atoms. The highest BCUT2D eigenvalue weighted by Crippen LogP contribution is 2.67. The summed E-state index contributed by atoms with van der Waals surface area (Å²) in [5.41, 5.74) is 25.8. The molecule has 0 unspecified atom stereocenters. The van der Waals surface area contributed by atoms with Crippen molar-refractivity contribution in [2.45, 2.75) is 17.8 Å². The Morgan fingerprint density at radius 1 is 0.388 bits per heavy atom. The van der Waals surface area contributed by atoms with E-state index in [4.69, 9.17) is 4.98 Å². The van der Waals surface area contributed by atoms with Crippen LogP contribution in [0.1, 0.15) is 62.8 Å². The Kier molecular flexibility index (Phi) is 10.2. The quantitative estimate of drug-likeness (QED) is 0.115. The van der Waals surface area contributed by atoms with Gasteiger partial charge in [-0.15, -0.1) is 0 Å². The van der Waals surface area contributed by atoms with Crippen molar-refractivity contribution in [3.8, 4) is 50.2 Å². The zero-order valence-electron chi connectivity index (χ0n) is 44.2. The Bertz CT molecular complexity index is 4650. The molecule has 0 fully saturated rings. The molecule has 16 rings (SSSR count). The van der Waals surface area contributed by atoms with E-state index in [1.807, 2.05) is 12.1 Å². The lowest BCUT2D eigenvalue weighted by atomic mass is 9.52. The van der Waals surface area contributed by atoms with Gasteiger partial charge in [0.15, 0.2) is 0 Å². The number of nitrogens with zero attached hydrogens (tertiary/aromatic N) is 2. The predicted molar refractivity (Wildman–Crippen MR) is 333 cm³/mol. The first-order chi connectivity index (χ1) is 39.6. The van der Waals surface area contributed by atoms with Gasteiger partial charge in [-0.05, 0) is 159 Å². The van der Waals surface area contributed by atoms with Gasteiger partial charge in [-0.3, -0.25) is 4.57 Å². The van der Waals surface area contributed by atoms with Crippen molar-refractivity contribution < 1.29 is 0 Å². The molecule has 0 N–H and O–H groups in total. The molecule has 0 saturated carbocycles. The molecule has 0 atom stereocenters. The van der Waals surface area contributed by atoms with Gasteiger partial charge in [0.1, 0.15) is 5.82 Å². The highest BCUT2D eigenvalue weighted by Gasteiger charge is 2.59. The Morgan fingerprint density at radius 3 is 1.36 bits per heavy atom. The maximum Gasteiger partial charge on any atom is 0.145 e. The lowest BCUT2D eigenvalue weighted by molar-refractivity contribution is 0.633. The molecular formula is C78H52N2. The van der Waals surface area contributed by atoms with Gasteiger partial charge in [0, 0.05) is 11.3 Å². The number of allylic oxidation sites excluding steroid dienone is 5. The van der Waals surface area contributed by atoms with Crippen LogP contribution in [-0.2, 0) is 10.8 Å². The maximum atomic E-state index is 5.12. The molecule has 12 aromatic carbocycles. The zero-order chi connectivity index (χ0) is 53.1. The van der Waals surface area contributed by atoms with Crippen molar-refractivity contribution >= 4 is 43.7 Å². The first-order valence-electron chi connectivity index (χ1n) is 27.8. The molecule has 13 aromatic rings. The monoisotopic (exact) mass is 1020 g/mol. The third kappa shape index (κ3) is 6.27. The van der Waals surface area contributed by atoms with Crippen molar-refractivity contribution in [2.75, 3.05) is 0 Å². The van der Waals surface area contributed by atoms with Gasteiger partial charge >= 0.3 is 0 Å². The van der Waals surface area contributed by atoms with Crippen molar-refractivity contribution in [3.63, 3.8) is 0 Å². The average molecular weight is 1020 g/mol. The Hall–Kier alpha value is -10.2. The van der Waals surface area contributed by atoms with Gasteiger partial charge in [0.2, 0.25) is 0 Å². The van der Waals surface area contributed by atoms with Gasteiger partial charge < -0.3 is 0 Å². The SMILES string of the molecule is C=C(/C=C\C(=C/C)c1c2ccccc2c(-c2ccc(-c3ccc4c(c3)C3(c5ccccc5-c5ccccc53)c3ccccc3C43c4ccccc4-c4ccccc43)cc2)c2ccccc12)c1nc2ccccc2n1-c1ccccc1. The third-order valence-electron chi connectivity index (χ3n) is 17.8. The first kappa shape index (κ1) is 46.0. The molecule has 3 aliphatic rings. The molecule has 0 amide bonds. The molecule has 1 heterocycles. The van der Waals surface area contributed by atoms with E-state index in [0.717, 1.165) is 33.7 Å². The van der Waals surface area contributed by atoms with Crippen molar-refractivity contribution in [2.24, 2.45) is 0 Å². The number of hydrogen-bond acceptors (Lipinski definition) is 1. The van der Waals surface area contributed by atoms with Crippen LogP contribution in [0.3, 0.4) is 0 Å². The second-order valence-electron chi connectivity index (χ2n) is 21.6. The number of fused-ring (bicyclic) bond motifs is 19. The summed E-state index contributed by atoms with van der Waals surface area (Å²) in [6.07, 6.45) is 6.57. The molecule has 0 bridgehead atoms. The average Bonchev–Trinajstić information content (AvgIpc) is 4.25. The van der Waals surface area contributed by atoms with E-state index in [0.29, 0.717) is 0 Å². The number of para-hydroxylation sites is 3. The number of hydrogen-bond donors (Lipinski definition) is 0. The Balaban J connectivity index is 0.846. The van der Waals surface area contributed by atoms with E-state index < -0.39 is 10.8 Å². The molecular weight excluding hydrogens is 965 g/mol. The first-order valence-corrected chi connectivity index (χ1v) is 27.8. The van der Waals surface area contributed by atoms with Crippen LogP contribution in [0.5, 0.6) is 0 Å². The van der Waals surface area contributed by atoms with E-state index in [-0.39, 0.29) is 0 Å². The summed E-state index contributed by atoms with van der Waals surface area (Å²) < 4.78 is 2.21. The molecule has 2 heteroatoms. The molecule has 0 radical (unpaired) electrons. The van der Waals surface area contributed by atoms with Crippen LogP contribution in [0.25, 0.3) is 93.9 Å². The highest BCUT2D eigenvalue weighted by atomic mass is 15.1. The fourth-order valence-electron chi connectivity index (χ4n) is 14.7. The van der Waals surface area contributed by atoms with Crippen LogP contribution in [0.15, 0.2) is 292 Å². The zero-order valence-corrected chi connectivity index (χ0v) is 44.2. The largest absolute Gasteiger partial charge is 0.292 e. The van der Waals surface area contributed by atoms with Gasteiger partial charge in [-0.1, -0.05) is 261 Å². The fourth-order valence-corrected chi connectivity index (χ4v) is 14.7. The highest BCUT2D eigenvalue weighted by molar-refractivity contribution is 6.19. The second kappa shape index (κ2) is 17.7. The second-order valence-corrected chi connectivity index (χ2v) is 21.6. The summed E-state index contributed by atoms with van der Waals surface area (Å²) in [6.45, 7) is 6.75. The topological polar surface area (TPSA) is 17.8 Å². The van der Waals surface area contributed by atoms with Crippen LogP contribution in [0, 0.1) is 0 Å². The summed E-state index contributed by atoms with van der Waals surface area (Å²) in [6, 6.07) is 99.4. The number of imidazole rings is 1. The minimum Gasteiger partial charge on any atom is -0.292 e. The number of aromatic nitrogens is 2. The molecule has 374 valence electrons. The molecule has 1 aromatic heterocycles. The third-order valence-corrected chi connectivity index (χ3v) is 17.8. The number of benzene rings is 12. The van der Waals surface area contributed by atoms with Crippen LogP contribution < -0.4 is 0 Å². The molecule has 2 nitrogen and oxygen atoms in total. The Labute approximate surface area is 466 Å². The van der Waals surface area contributed by atoms with Gasteiger partial charge in [0.05, 0.1) is 21.9 Å². The summed E-state index contributed by atoms with van der Waals surface area (Å²) >= 11 is 0. The van der Waals surface area contributed by atoms with Crippen molar-refractivity contribution in [3.05, 3.63) is 348 Å². The van der Waals surface area contributed by atoms with Gasteiger partial charge in [0.25, 0.3) is 0 Å². The maximum absolute atomic E-state index is 5.12.